The molecule has 0 aliphatic heterocycles. The Morgan fingerprint density at radius 2 is 2.05 bits per heavy atom. The Kier molecular flexibility index (Phi) is 4.39. The molecule has 1 aliphatic rings. The number of carboxylic acids is 1. The van der Waals surface area contributed by atoms with Crippen LogP contribution in [-0.2, 0) is 12.8 Å². The number of hydrogen-bond acceptors (Lipinski definition) is 3. The van der Waals surface area contributed by atoms with Gasteiger partial charge < -0.3 is 10.0 Å². The Labute approximate surface area is 120 Å². The summed E-state index contributed by atoms with van der Waals surface area (Å²) >= 11 is 0. The van der Waals surface area contributed by atoms with Crippen molar-refractivity contribution in [3.63, 3.8) is 0 Å². The van der Waals surface area contributed by atoms with E-state index >= 15 is 0 Å². The topological polar surface area (TPSA) is 53.4 Å². The summed E-state index contributed by atoms with van der Waals surface area (Å²) < 4.78 is 37.9. The normalized spacial score (nSPS) is 14.7. The zero-order valence-corrected chi connectivity index (χ0v) is 11.7. The number of halogens is 3. The van der Waals surface area contributed by atoms with Gasteiger partial charge in [-0.25, -0.2) is 9.78 Å². The second-order valence-electron chi connectivity index (χ2n) is 5.11. The molecular weight excluding hydrogens is 285 g/mol. The molecule has 2 rings (SSSR count). The van der Waals surface area contributed by atoms with Crippen LogP contribution in [-0.4, -0.2) is 35.3 Å². The van der Waals surface area contributed by atoms with Crippen LogP contribution in [0.3, 0.4) is 0 Å². The number of anilines is 1. The Balaban J connectivity index is 2.46. The molecule has 1 N–H and O–H groups in total. The van der Waals surface area contributed by atoms with Crippen molar-refractivity contribution in [1.29, 1.82) is 0 Å². The van der Waals surface area contributed by atoms with Crippen LogP contribution in [0.1, 0.15) is 41.4 Å². The van der Waals surface area contributed by atoms with E-state index in [9.17, 15) is 23.1 Å². The molecule has 0 aromatic carbocycles. The first kappa shape index (κ1) is 15.6. The fourth-order valence-corrected chi connectivity index (χ4v) is 2.57. The van der Waals surface area contributed by atoms with Crippen LogP contribution in [0.5, 0.6) is 0 Å². The summed E-state index contributed by atoms with van der Waals surface area (Å²) in [6, 6.07) is 1.48. The van der Waals surface area contributed by atoms with Gasteiger partial charge in [-0.15, -0.1) is 0 Å². The molecule has 0 saturated heterocycles. The highest BCUT2D eigenvalue weighted by molar-refractivity contribution is 5.93. The lowest BCUT2D eigenvalue weighted by Gasteiger charge is -2.27. The fourth-order valence-electron chi connectivity index (χ4n) is 2.57. The molecule has 0 amide bonds. The van der Waals surface area contributed by atoms with E-state index < -0.39 is 18.7 Å². The highest BCUT2D eigenvalue weighted by Gasteiger charge is 2.33. The number of aryl methyl sites for hydroxylation is 2. The maximum atomic E-state index is 12.6. The first-order valence-electron chi connectivity index (χ1n) is 6.89. The third-order valence-electron chi connectivity index (χ3n) is 3.56. The molecule has 116 valence electrons. The van der Waals surface area contributed by atoms with Crippen molar-refractivity contribution in [1.82, 2.24) is 4.98 Å². The standard InChI is InChI=1S/C14H17F3N2O2/c1-2-19(8-14(15,16)17)12-10(13(20)21)7-9-5-3-4-6-11(9)18-12/h7H,2-6,8H2,1H3,(H,20,21). The molecule has 0 saturated carbocycles. The summed E-state index contributed by atoms with van der Waals surface area (Å²) in [6.45, 7) is 0.402. The molecule has 4 nitrogen and oxygen atoms in total. The van der Waals surface area contributed by atoms with Crippen LogP contribution in [0.4, 0.5) is 19.0 Å². The van der Waals surface area contributed by atoms with Crippen LogP contribution in [0, 0.1) is 0 Å². The van der Waals surface area contributed by atoms with Gasteiger partial charge in [0.1, 0.15) is 17.9 Å². The summed E-state index contributed by atoms with van der Waals surface area (Å²) in [7, 11) is 0. The Morgan fingerprint density at radius 3 is 2.62 bits per heavy atom. The maximum absolute atomic E-state index is 12.6. The molecule has 1 heterocycles. The summed E-state index contributed by atoms with van der Waals surface area (Å²) in [5.74, 6) is -1.32. The minimum absolute atomic E-state index is 0.0472. The molecule has 0 atom stereocenters. The highest BCUT2D eigenvalue weighted by Crippen LogP contribution is 2.28. The molecule has 0 fully saturated rings. The lowest BCUT2D eigenvalue weighted by molar-refractivity contribution is -0.119. The quantitative estimate of drug-likeness (QED) is 0.929. The second-order valence-corrected chi connectivity index (χ2v) is 5.11. The van der Waals surface area contributed by atoms with Crippen molar-refractivity contribution in [2.75, 3.05) is 18.0 Å². The average Bonchev–Trinajstić information content (AvgIpc) is 2.42. The summed E-state index contributed by atoms with van der Waals surface area (Å²) in [6.07, 6.45) is -1.10. The molecule has 1 aliphatic carbocycles. The number of pyridine rings is 1. The zero-order valence-electron chi connectivity index (χ0n) is 11.7. The smallest absolute Gasteiger partial charge is 0.405 e. The third kappa shape index (κ3) is 3.65. The van der Waals surface area contributed by atoms with Gasteiger partial charge in [-0.1, -0.05) is 0 Å². The van der Waals surface area contributed by atoms with Crippen LogP contribution in [0.2, 0.25) is 0 Å². The van der Waals surface area contributed by atoms with Crippen molar-refractivity contribution in [2.45, 2.75) is 38.8 Å². The monoisotopic (exact) mass is 302 g/mol. The van der Waals surface area contributed by atoms with Gasteiger partial charge in [0.15, 0.2) is 0 Å². The van der Waals surface area contributed by atoms with E-state index in [-0.39, 0.29) is 17.9 Å². The first-order chi connectivity index (χ1) is 9.81. The van der Waals surface area contributed by atoms with E-state index in [2.05, 4.69) is 4.98 Å². The molecule has 0 unspecified atom stereocenters. The minimum atomic E-state index is -4.40. The van der Waals surface area contributed by atoms with Gasteiger partial charge in [0, 0.05) is 12.2 Å². The minimum Gasteiger partial charge on any atom is -0.478 e. The van der Waals surface area contributed by atoms with E-state index in [1.54, 1.807) is 6.92 Å². The van der Waals surface area contributed by atoms with Gasteiger partial charge >= 0.3 is 12.1 Å². The Morgan fingerprint density at radius 1 is 1.38 bits per heavy atom. The van der Waals surface area contributed by atoms with E-state index in [1.807, 2.05) is 0 Å². The molecule has 1 aromatic rings. The summed E-state index contributed by atoms with van der Waals surface area (Å²) in [5, 5.41) is 9.26. The summed E-state index contributed by atoms with van der Waals surface area (Å²) in [5.41, 5.74) is 1.41. The van der Waals surface area contributed by atoms with Crippen LogP contribution in [0.25, 0.3) is 0 Å². The third-order valence-corrected chi connectivity index (χ3v) is 3.56. The molecule has 7 heteroatoms. The number of carboxylic acid groups (broad SMARTS) is 1. The Hall–Kier alpha value is -1.79. The number of aromatic carboxylic acids is 1. The van der Waals surface area contributed by atoms with E-state index in [4.69, 9.17) is 0 Å². The van der Waals surface area contributed by atoms with Gasteiger partial charge in [-0.3, -0.25) is 0 Å². The fraction of sp³-hybridized carbons (Fsp3) is 0.571. The highest BCUT2D eigenvalue weighted by atomic mass is 19.4. The van der Waals surface area contributed by atoms with E-state index in [0.29, 0.717) is 6.42 Å². The lowest BCUT2D eigenvalue weighted by Crippen LogP contribution is -2.36. The predicted octanol–water partition coefficient (Wildman–Crippen LogP) is 3.05. The number of hydrogen-bond donors (Lipinski definition) is 1. The molecule has 1 aromatic heterocycles. The number of rotatable bonds is 4. The van der Waals surface area contributed by atoms with Crippen molar-refractivity contribution in [2.24, 2.45) is 0 Å². The van der Waals surface area contributed by atoms with Crippen molar-refractivity contribution in [3.8, 4) is 0 Å². The van der Waals surface area contributed by atoms with Gasteiger partial charge in [0.2, 0.25) is 0 Å². The van der Waals surface area contributed by atoms with Crippen molar-refractivity contribution in [3.05, 3.63) is 22.9 Å². The molecule has 21 heavy (non-hydrogen) atoms. The molecule has 0 radical (unpaired) electrons. The number of fused-ring (bicyclic) bond motifs is 1. The van der Waals surface area contributed by atoms with Gasteiger partial charge in [0.25, 0.3) is 0 Å². The number of nitrogens with zero attached hydrogens (tertiary/aromatic N) is 2. The van der Waals surface area contributed by atoms with Crippen molar-refractivity contribution >= 4 is 11.8 Å². The summed E-state index contributed by atoms with van der Waals surface area (Å²) in [4.78, 5) is 16.6. The largest absolute Gasteiger partial charge is 0.478 e. The second kappa shape index (κ2) is 5.91. The maximum Gasteiger partial charge on any atom is 0.405 e. The van der Waals surface area contributed by atoms with Gasteiger partial charge in [-0.05, 0) is 44.2 Å². The zero-order chi connectivity index (χ0) is 15.6. The Bertz CT molecular complexity index is 544. The van der Waals surface area contributed by atoms with Crippen LogP contribution in [0.15, 0.2) is 6.07 Å². The predicted molar refractivity (Wildman–Crippen MR) is 71.8 cm³/mol. The average molecular weight is 302 g/mol. The first-order valence-corrected chi connectivity index (χ1v) is 6.89. The van der Waals surface area contributed by atoms with Crippen molar-refractivity contribution < 1.29 is 23.1 Å². The van der Waals surface area contributed by atoms with E-state index in [0.717, 1.165) is 35.4 Å². The number of carbonyl (C=O) groups is 1. The van der Waals surface area contributed by atoms with Crippen LogP contribution >= 0.6 is 0 Å². The molecule has 0 spiro atoms. The van der Waals surface area contributed by atoms with E-state index in [1.165, 1.54) is 6.07 Å². The number of alkyl halides is 3. The van der Waals surface area contributed by atoms with Gasteiger partial charge in [-0.2, -0.15) is 13.2 Å². The number of aromatic nitrogens is 1. The molecular formula is C14H17F3N2O2. The lowest BCUT2D eigenvalue weighted by atomic mass is 9.94. The molecule has 0 bridgehead atoms. The SMILES string of the molecule is CCN(CC(F)(F)F)c1nc2c(cc1C(=O)O)CCCC2. The van der Waals surface area contributed by atoms with Gasteiger partial charge in [0.05, 0.1) is 0 Å². The van der Waals surface area contributed by atoms with Crippen LogP contribution < -0.4 is 4.90 Å².